The fraction of sp³-hybridized carbons (Fsp3) is 0.231. The van der Waals surface area contributed by atoms with E-state index >= 15 is 0 Å². The average Bonchev–Trinajstić information content (AvgIpc) is 2.71. The van der Waals surface area contributed by atoms with Gasteiger partial charge in [0.25, 0.3) is 5.56 Å². The number of aryl methyl sites for hydroxylation is 1. The van der Waals surface area contributed by atoms with E-state index in [-0.39, 0.29) is 18.4 Å². The van der Waals surface area contributed by atoms with Gasteiger partial charge in [-0.05, 0) is 31.0 Å². The van der Waals surface area contributed by atoms with Crippen LogP contribution in [0.1, 0.15) is 17.5 Å². The minimum absolute atomic E-state index is 0.0685. The number of halogens is 1. The van der Waals surface area contributed by atoms with E-state index in [1.165, 1.54) is 0 Å². The van der Waals surface area contributed by atoms with Crippen LogP contribution in [0.3, 0.4) is 0 Å². The summed E-state index contributed by atoms with van der Waals surface area (Å²) in [5.74, 6) is -0.919. The Bertz CT molecular complexity index is 673. The maximum atomic E-state index is 11.7. The zero-order valence-electron chi connectivity index (χ0n) is 10.3. The molecular weight excluding hydrogens is 312 g/mol. The van der Waals surface area contributed by atoms with Crippen molar-refractivity contribution in [2.24, 2.45) is 0 Å². The van der Waals surface area contributed by atoms with Gasteiger partial charge in [-0.2, -0.15) is 0 Å². The van der Waals surface area contributed by atoms with Crippen LogP contribution in [-0.2, 0) is 11.2 Å². The molecule has 0 unspecified atom stereocenters. The SMILES string of the molecule is Cc1ccc(Br)cc1-c1[nH][nH]c(=O)c1CCC(=O)O. The third-order valence-electron chi connectivity index (χ3n) is 2.93. The van der Waals surface area contributed by atoms with Gasteiger partial charge in [-0.1, -0.05) is 22.0 Å². The molecule has 3 N–H and O–H groups in total. The van der Waals surface area contributed by atoms with Gasteiger partial charge >= 0.3 is 5.97 Å². The van der Waals surface area contributed by atoms with E-state index in [2.05, 4.69) is 26.1 Å². The molecule has 0 amide bonds. The van der Waals surface area contributed by atoms with E-state index in [4.69, 9.17) is 5.11 Å². The molecule has 0 fully saturated rings. The lowest BCUT2D eigenvalue weighted by Gasteiger charge is -2.06. The molecule has 6 heteroatoms. The van der Waals surface area contributed by atoms with Gasteiger partial charge < -0.3 is 5.11 Å². The lowest BCUT2D eigenvalue weighted by Crippen LogP contribution is -2.08. The van der Waals surface area contributed by atoms with Crippen LogP contribution < -0.4 is 5.56 Å². The van der Waals surface area contributed by atoms with E-state index in [1.807, 2.05) is 25.1 Å². The summed E-state index contributed by atoms with van der Waals surface area (Å²) in [7, 11) is 0. The van der Waals surface area contributed by atoms with Gasteiger partial charge in [0.1, 0.15) is 0 Å². The van der Waals surface area contributed by atoms with Crippen LogP contribution >= 0.6 is 15.9 Å². The first-order chi connectivity index (χ1) is 8.99. The second kappa shape index (κ2) is 5.44. The van der Waals surface area contributed by atoms with Gasteiger partial charge in [0.15, 0.2) is 0 Å². The lowest BCUT2D eigenvalue weighted by atomic mass is 10.0. The average molecular weight is 325 g/mol. The number of hydrogen-bond acceptors (Lipinski definition) is 2. The smallest absolute Gasteiger partial charge is 0.303 e. The summed E-state index contributed by atoms with van der Waals surface area (Å²) in [6.45, 7) is 1.94. The van der Waals surface area contributed by atoms with Crippen molar-refractivity contribution in [3.05, 3.63) is 44.2 Å². The number of aromatic amines is 2. The summed E-state index contributed by atoms with van der Waals surface area (Å²) in [6.07, 6.45) is 0.135. The summed E-state index contributed by atoms with van der Waals surface area (Å²) < 4.78 is 0.902. The third kappa shape index (κ3) is 2.96. The number of benzene rings is 1. The molecule has 0 saturated heterocycles. The van der Waals surface area contributed by atoms with Gasteiger partial charge in [-0.15, -0.1) is 0 Å². The summed E-state index contributed by atoms with van der Waals surface area (Å²) in [6, 6.07) is 5.75. The molecule has 0 bridgehead atoms. The highest BCUT2D eigenvalue weighted by Gasteiger charge is 2.15. The zero-order chi connectivity index (χ0) is 14.0. The van der Waals surface area contributed by atoms with Crippen molar-refractivity contribution >= 4 is 21.9 Å². The highest BCUT2D eigenvalue weighted by molar-refractivity contribution is 9.10. The van der Waals surface area contributed by atoms with Crippen molar-refractivity contribution in [3.8, 4) is 11.3 Å². The number of rotatable bonds is 4. The minimum atomic E-state index is -0.919. The van der Waals surface area contributed by atoms with Crippen LogP contribution in [0.2, 0.25) is 0 Å². The number of carbonyl (C=O) groups is 1. The van der Waals surface area contributed by atoms with Gasteiger partial charge in [0, 0.05) is 22.0 Å². The van der Waals surface area contributed by atoms with Crippen molar-refractivity contribution in [3.63, 3.8) is 0 Å². The predicted octanol–water partition coefficient (Wildman–Crippen LogP) is 2.46. The lowest BCUT2D eigenvalue weighted by molar-refractivity contribution is -0.136. The molecular formula is C13H13BrN2O3. The Morgan fingerprint density at radius 2 is 2.11 bits per heavy atom. The van der Waals surface area contributed by atoms with Crippen molar-refractivity contribution in [2.45, 2.75) is 19.8 Å². The third-order valence-corrected chi connectivity index (χ3v) is 3.43. The Morgan fingerprint density at radius 1 is 1.37 bits per heavy atom. The number of nitrogens with one attached hydrogen (secondary N) is 2. The molecule has 19 heavy (non-hydrogen) atoms. The van der Waals surface area contributed by atoms with E-state index in [9.17, 15) is 9.59 Å². The van der Waals surface area contributed by atoms with Gasteiger partial charge in [-0.25, -0.2) is 0 Å². The first kappa shape index (κ1) is 13.6. The maximum absolute atomic E-state index is 11.7. The fourth-order valence-electron chi connectivity index (χ4n) is 1.95. The molecule has 0 spiro atoms. The summed E-state index contributed by atoms with van der Waals surface area (Å²) >= 11 is 3.39. The van der Waals surface area contributed by atoms with E-state index in [1.54, 1.807) is 0 Å². The monoisotopic (exact) mass is 324 g/mol. The first-order valence-corrected chi connectivity index (χ1v) is 6.56. The highest BCUT2D eigenvalue weighted by atomic mass is 79.9. The molecule has 0 aliphatic heterocycles. The zero-order valence-corrected chi connectivity index (χ0v) is 11.9. The molecule has 0 aliphatic carbocycles. The molecule has 1 heterocycles. The Labute approximate surface area is 117 Å². The van der Waals surface area contributed by atoms with Gasteiger partial charge in [0.05, 0.1) is 5.69 Å². The number of H-pyrrole nitrogens is 2. The van der Waals surface area contributed by atoms with Crippen LogP contribution in [0.15, 0.2) is 27.5 Å². The largest absolute Gasteiger partial charge is 0.481 e. The number of carboxylic acids is 1. The normalized spacial score (nSPS) is 10.6. The van der Waals surface area contributed by atoms with Crippen LogP contribution in [-0.4, -0.2) is 21.3 Å². The Kier molecular flexibility index (Phi) is 3.90. The number of aromatic nitrogens is 2. The maximum Gasteiger partial charge on any atom is 0.303 e. The van der Waals surface area contributed by atoms with E-state index in [0.29, 0.717) is 11.3 Å². The fourth-order valence-corrected chi connectivity index (χ4v) is 2.31. The van der Waals surface area contributed by atoms with Crippen LogP contribution in [0.25, 0.3) is 11.3 Å². The van der Waals surface area contributed by atoms with Crippen molar-refractivity contribution in [1.29, 1.82) is 0 Å². The number of hydrogen-bond donors (Lipinski definition) is 3. The second-order valence-corrected chi connectivity index (χ2v) is 5.20. The molecule has 0 radical (unpaired) electrons. The Balaban J connectivity index is 2.48. The predicted molar refractivity (Wildman–Crippen MR) is 75.2 cm³/mol. The number of aliphatic carboxylic acids is 1. The molecule has 1 aromatic carbocycles. The molecule has 0 saturated carbocycles. The number of carboxylic acid groups (broad SMARTS) is 1. The molecule has 2 rings (SSSR count). The van der Waals surface area contributed by atoms with Gasteiger partial charge in [0.2, 0.25) is 0 Å². The molecule has 5 nitrogen and oxygen atoms in total. The molecule has 2 aromatic rings. The second-order valence-electron chi connectivity index (χ2n) is 4.29. The van der Waals surface area contributed by atoms with Crippen molar-refractivity contribution in [1.82, 2.24) is 10.2 Å². The molecule has 100 valence electrons. The Morgan fingerprint density at radius 3 is 2.79 bits per heavy atom. The summed E-state index contributed by atoms with van der Waals surface area (Å²) in [5.41, 5.74) is 2.76. The van der Waals surface area contributed by atoms with E-state index < -0.39 is 5.97 Å². The van der Waals surface area contributed by atoms with Gasteiger partial charge in [-0.3, -0.25) is 19.8 Å². The van der Waals surface area contributed by atoms with Crippen molar-refractivity contribution in [2.75, 3.05) is 0 Å². The molecule has 1 aromatic heterocycles. The Hall–Kier alpha value is -1.82. The quantitative estimate of drug-likeness (QED) is 0.807. The van der Waals surface area contributed by atoms with Crippen molar-refractivity contribution < 1.29 is 9.90 Å². The topological polar surface area (TPSA) is 86.0 Å². The first-order valence-electron chi connectivity index (χ1n) is 5.77. The summed E-state index contributed by atoms with van der Waals surface area (Å²) in [4.78, 5) is 22.4. The standard InChI is InChI=1S/C13H13BrN2O3/c1-7-2-3-8(14)6-10(7)12-9(4-5-11(17)18)13(19)16-15-12/h2-3,6H,4-5H2,1H3,(H,17,18)(H2,15,16,19). The van der Waals surface area contributed by atoms with Crippen LogP contribution in [0.5, 0.6) is 0 Å². The molecule has 0 atom stereocenters. The van der Waals surface area contributed by atoms with Crippen LogP contribution in [0, 0.1) is 6.92 Å². The van der Waals surface area contributed by atoms with Crippen LogP contribution in [0.4, 0.5) is 0 Å². The van der Waals surface area contributed by atoms with E-state index in [0.717, 1.165) is 15.6 Å². The minimum Gasteiger partial charge on any atom is -0.481 e. The summed E-state index contributed by atoms with van der Waals surface area (Å²) in [5, 5.41) is 14.1. The highest BCUT2D eigenvalue weighted by Crippen LogP contribution is 2.27. The molecule has 0 aliphatic rings.